The molecule has 0 radical (unpaired) electrons. The summed E-state index contributed by atoms with van der Waals surface area (Å²) >= 11 is 0. The third-order valence-electron chi connectivity index (χ3n) is 7.41. The van der Waals surface area contributed by atoms with E-state index in [1.807, 2.05) is 12.1 Å². The predicted octanol–water partition coefficient (Wildman–Crippen LogP) is 5.66. The lowest BCUT2D eigenvalue weighted by atomic mass is 9.97. The van der Waals surface area contributed by atoms with Gasteiger partial charge in [-0.1, -0.05) is 38.8 Å². The molecule has 0 fully saturated rings. The van der Waals surface area contributed by atoms with Crippen LogP contribution in [-0.4, -0.2) is 63.2 Å². The lowest BCUT2D eigenvalue weighted by Gasteiger charge is -2.28. The van der Waals surface area contributed by atoms with Crippen LogP contribution >= 0.6 is 0 Å². The van der Waals surface area contributed by atoms with Crippen molar-refractivity contribution in [3.05, 3.63) is 63.5 Å². The largest absolute Gasteiger partial charge is 0.493 e. The highest BCUT2D eigenvalue weighted by Gasteiger charge is 2.43. The van der Waals surface area contributed by atoms with Crippen molar-refractivity contribution in [1.82, 2.24) is 9.80 Å². The van der Waals surface area contributed by atoms with Gasteiger partial charge in [-0.05, 0) is 68.7 Å². The second-order valence-corrected chi connectivity index (χ2v) is 9.93. The Morgan fingerprint density at radius 1 is 0.872 bits per heavy atom. The highest BCUT2D eigenvalue weighted by atomic mass is 16.5. The van der Waals surface area contributed by atoms with E-state index in [0.29, 0.717) is 45.9 Å². The van der Waals surface area contributed by atoms with Gasteiger partial charge in [0.2, 0.25) is 11.5 Å². The zero-order valence-electron chi connectivity index (χ0n) is 23.7. The van der Waals surface area contributed by atoms with Crippen molar-refractivity contribution >= 4 is 16.9 Å². The van der Waals surface area contributed by atoms with Crippen LogP contribution < -0.4 is 19.6 Å². The summed E-state index contributed by atoms with van der Waals surface area (Å²) in [5, 5.41) is 0.452. The molecule has 1 amide bonds. The van der Waals surface area contributed by atoms with E-state index in [0.717, 1.165) is 51.7 Å². The van der Waals surface area contributed by atoms with E-state index in [1.54, 1.807) is 50.5 Å². The fourth-order valence-electron chi connectivity index (χ4n) is 5.37. The summed E-state index contributed by atoms with van der Waals surface area (Å²) in [5.41, 5.74) is 1.26. The minimum atomic E-state index is -0.637. The predicted molar refractivity (Wildman–Crippen MR) is 152 cm³/mol. The summed E-state index contributed by atoms with van der Waals surface area (Å²) in [7, 11) is 4.65. The molecule has 0 N–H and O–H groups in total. The maximum absolute atomic E-state index is 13.8. The normalized spacial score (nSPS) is 14.8. The number of rotatable bonds is 14. The van der Waals surface area contributed by atoms with Gasteiger partial charge in [0.25, 0.3) is 5.91 Å². The number of methoxy groups -OCH3 is 3. The first-order valence-electron chi connectivity index (χ1n) is 13.9. The van der Waals surface area contributed by atoms with Crippen LogP contribution in [0.5, 0.6) is 17.2 Å². The van der Waals surface area contributed by atoms with Gasteiger partial charge >= 0.3 is 0 Å². The van der Waals surface area contributed by atoms with Gasteiger partial charge < -0.3 is 28.4 Å². The van der Waals surface area contributed by atoms with Crippen LogP contribution in [0.1, 0.15) is 73.7 Å². The van der Waals surface area contributed by atoms with Crippen LogP contribution in [0.4, 0.5) is 0 Å². The molecular formula is C31H40N2O6. The number of ether oxygens (including phenoxy) is 3. The molecule has 3 aromatic rings. The lowest BCUT2D eigenvalue weighted by molar-refractivity contribution is 0.0718. The molecule has 0 saturated heterocycles. The molecule has 39 heavy (non-hydrogen) atoms. The first kappa shape index (κ1) is 28.5. The number of unbranched alkanes of at least 4 members (excludes halogenated alkanes) is 2. The maximum Gasteiger partial charge on any atom is 0.290 e. The van der Waals surface area contributed by atoms with E-state index < -0.39 is 6.04 Å². The van der Waals surface area contributed by atoms with Gasteiger partial charge in [0.15, 0.2) is 16.9 Å². The Morgan fingerprint density at radius 2 is 1.49 bits per heavy atom. The van der Waals surface area contributed by atoms with Crippen LogP contribution in [0.2, 0.25) is 0 Å². The summed E-state index contributed by atoms with van der Waals surface area (Å²) in [4.78, 5) is 31.9. The third kappa shape index (κ3) is 5.76. The van der Waals surface area contributed by atoms with Crippen LogP contribution in [0.15, 0.2) is 45.6 Å². The fourth-order valence-corrected chi connectivity index (χ4v) is 5.37. The molecule has 0 saturated carbocycles. The fraction of sp³-hybridized carbons (Fsp3) is 0.484. The number of hydrogen-bond acceptors (Lipinski definition) is 7. The van der Waals surface area contributed by atoms with Gasteiger partial charge in [-0.25, -0.2) is 0 Å². The van der Waals surface area contributed by atoms with Crippen molar-refractivity contribution in [3.8, 4) is 17.2 Å². The molecule has 1 aromatic heterocycles. The van der Waals surface area contributed by atoms with Crippen molar-refractivity contribution in [2.24, 2.45) is 0 Å². The van der Waals surface area contributed by atoms with Crippen molar-refractivity contribution in [2.45, 2.75) is 52.0 Å². The van der Waals surface area contributed by atoms with Crippen molar-refractivity contribution in [2.75, 3.05) is 47.5 Å². The Morgan fingerprint density at radius 3 is 2.08 bits per heavy atom. The van der Waals surface area contributed by atoms with Crippen molar-refractivity contribution < 1.29 is 23.4 Å². The topological polar surface area (TPSA) is 81.5 Å². The molecule has 0 spiro atoms. The zero-order valence-corrected chi connectivity index (χ0v) is 23.7. The SMILES string of the molecule is CCCCN(CCCC)CCCN1C(=O)c2oc3ccccc3c(=O)c2C1c1cc(OC)c(OC)c(OC)c1. The second-order valence-electron chi connectivity index (χ2n) is 9.93. The van der Waals surface area contributed by atoms with Gasteiger partial charge in [0, 0.05) is 6.54 Å². The smallest absolute Gasteiger partial charge is 0.290 e. The molecule has 2 aromatic carbocycles. The third-order valence-corrected chi connectivity index (χ3v) is 7.41. The first-order chi connectivity index (χ1) is 19.0. The minimum Gasteiger partial charge on any atom is -0.493 e. The lowest BCUT2D eigenvalue weighted by Crippen LogP contribution is -2.34. The molecule has 1 unspecified atom stereocenters. The molecule has 0 aliphatic carbocycles. The number of para-hydroxylation sites is 1. The summed E-state index contributed by atoms with van der Waals surface area (Å²) in [6.45, 7) is 7.86. The van der Waals surface area contributed by atoms with E-state index in [4.69, 9.17) is 18.6 Å². The van der Waals surface area contributed by atoms with Crippen molar-refractivity contribution in [3.63, 3.8) is 0 Å². The number of fused-ring (bicyclic) bond motifs is 2. The highest BCUT2D eigenvalue weighted by Crippen LogP contribution is 2.45. The maximum atomic E-state index is 13.8. The molecule has 2 heterocycles. The minimum absolute atomic E-state index is 0.103. The van der Waals surface area contributed by atoms with Gasteiger partial charge in [0.1, 0.15) is 5.58 Å². The van der Waals surface area contributed by atoms with Gasteiger partial charge in [0.05, 0.1) is 38.3 Å². The average molecular weight is 537 g/mol. The monoisotopic (exact) mass is 536 g/mol. The molecular weight excluding hydrogens is 496 g/mol. The molecule has 1 aliphatic rings. The first-order valence-corrected chi connectivity index (χ1v) is 13.9. The number of carbonyl (C=O) groups is 1. The number of amides is 1. The zero-order chi connectivity index (χ0) is 27.9. The Bertz CT molecular complexity index is 1320. The molecule has 8 heteroatoms. The Hall–Kier alpha value is -3.52. The second kappa shape index (κ2) is 13.0. The molecule has 0 bridgehead atoms. The van der Waals surface area contributed by atoms with E-state index in [2.05, 4.69) is 18.7 Å². The summed E-state index contributed by atoms with van der Waals surface area (Å²) in [6, 6.07) is 10.0. The number of hydrogen-bond donors (Lipinski definition) is 0. The highest BCUT2D eigenvalue weighted by molar-refractivity contribution is 5.99. The van der Waals surface area contributed by atoms with Crippen LogP contribution in [0, 0.1) is 0 Å². The summed E-state index contributed by atoms with van der Waals surface area (Å²) in [6.07, 6.45) is 5.37. The van der Waals surface area contributed by atoms with Gasteiger partial charge in [-0.3, -0.25) is 9.59 Å². The Kier molecular flexibility index (Phi) is 9.51. The molecule has 8 nitrogen and oxygen atoms in total. The van der Waals surface area contributed by atoms with E-state index >= 15 is 0 Å². The Labute approximate surface area is 230 Å². The van der Waals surface area contributed by atoms with Crippen LogP contribution in [-0.2, 0) is 0 Å². The van der Waals surface area contributed by atoms with E-state index in [9.17, 15) is 9.59 Å². The molecule has 210 valence electrons. The van der Waals surface area contributed by atoms with E-state index in [-0.39, 0.29) is 17.1 Å². The average Bonchev–Trinajstić information content (AvgIpc) is 3.24. The van der Waals surface area contributed by atoms with Crippen LogP contribution in [0.25, 0.3) is 11.0 Å². The van der Waals surface area contributed by atoms with Crippen molar-refractivity contribution in [1.29, 1.82) is 0 Å². The number of nitrogens with zero attached hydrogens (tertiary/aromatic N) is 2. The van der Waals surface area contributed by atoms with Crippen LogP contribution in [0.3, 0.4) is 0 Å². The standard InChI is InChI=1S/C31H40N2O6/c1-6-8-15-32(16-9-7-2)17-12-18-33-27(21-19-24(36-3)29(38-5)25(20-21)37-4)26-28(34)22-13-10-11-14-23(22)39-30(26)31(33)35/h10-11,13-14,19-20,27H,6-9,12,15-18H2,1-5H3. The number of benzene rings is 2. The summed E-state index contributed by atoms with van der Waals surface area (Å²) < 4.78 is 22.8. The summed E-state index contributed by atoms with van der Waals surface area (Å²) in [5.74, 6) is 1.20. The quantitative estimate of drug-likeness (QED) is 0.263. The van der Waals surface area contributed by atoms with E-state index in [1.165, 1.54) is 0 Å². The molecule has 1 atom stereocenters. The number of carbonyl (C=O) groups excluding carboxylic acids is 1. The molecule has 4 rings (SSSR count). The van der Waals surface area contributed by atoms with Gasteiger partial charge in [-0.15, -0.1) is 0 Å². The Balaban J connectivity index is 1.76. The van der Waals surface area contributed by atoms with Gasteiger partial charge in [-0.2, -0.15) is 0 Å². The molecule has 1 aliphatic heterocycles.